The number of anilines is 1. The van der Waals surface area contributed by atoms with Gasteiger partial charge in [0.25, 0.3) is 0 Å². The second kappa shape index (κ2) is 2.85. The highest BCUT2D eigenvalue weighted by Crippen LogP contribution is 2.16. The molecule has 9 heavy (non-hydrogen) atoms. The van der Waals surface area contributed by atoms with Crippen LogP contribution in [0.15, 0.2) is 11.4 Å². The van der Waals surface area contributed by atoms with Crippen LogP contribution in [-0.4, -0.2) is 7.11 Å². The van der Waals surface area contributed by atoms with Crippen LogP contribution in [0.1, 0.15) is 5.56 Å². The smallest absolute Gasteiger partial charge is 0.0860 e. The van der Waals surface area contributed by atoms with Crippen LogP contribution in [-0.2, 0) is 11.3 Å². The highest BCUT2D eigenvalue weighted by molar-refractivity contribution is 7.14. The Morgan fingerprint density at radius 3 is 3.00 bits per heavy atom. The zero-order chi connectivity index (χ0) is 6.69. The molecule has 0 fully saturated rings. The quantitative estimate of drug-likeness (QED) is 0.680. The number of nitrogen functional groups attached to an aromatic ring is 1. The maximum absolute atomic E-state index is 5.47. The fourth-order valence-electron chi connectivity index (χ4n) is 0.637. The van der Waals surface area contributed by atoms with E-state index in [-0.39, 0.29) is 0 Å². The Labute approximate surface area is 58.3 Å². The Kier molecular flexibility index (Phi) is 2.08. The van der Waals surface area contributed by atoms with Crippen molar-refractivity contribution >= 4 is 16.3 Å². The van der Waals surface area contributed by atoms with Crippen LogP contribution >= 0.6 is 11.3 Å². The van der Waals surface area contributed by atoms with Gasteiger partial charge in [-0.05, 0) is 17.0 Å². The molecule has 0 atom stereocenters. The Morgan fingerprint density at radius 2 is 2.56 bits per heavy atom. The van der Waals surface area contributed by atoms with Gasteiger partial charge in [-0.25, -0.2) is 0 Å². The molecule has 0 saturated heterocycles. The molecular weight excluding hydrogens is 134 g/mol. The highest BCUT2D eigenvalue weighted by atomic mass is 32.1. The molecule has 1 aromatic heterocycles. The largest absolute Gasteiger partial charge is 0.391 e. The summed E-state index contributed by atoms with van der Waals surface area (Å²) in [6.45, 7) is 0.660. The first-order valence-electron chi connectivity index (χ1n) is 2.65. The Morgan fingerprint density at radius 1 is 1.78 bits per heavy atom. The fraction of sp³-hybridized carbons (Fsp3) is 0.333. The summed E-state index contributed by atoms with van der Waals surface area (Å²) in [5, 5.41) is 2.85. The summed E-state index contributed by atoms with van der Waals surface area (Å²) in [4.78, 5) is 0. The molecule has 2 N–H and O–H groups in total. The molecule has 50 valence electrons. The molecule has 0 aliphatic carbocycles. The minimum absolute atomic E-state index is 0.660. The lowest BCUT2D eigenvalue weighted by atomic mass is 10.4. The first-order valence-corrected chi connectivity index (χ1v) is 3.52. The minimum atomic E-state index is 0.660. The van der Waals surface area contributed by atoms with Gasteiger partial charge in [0.1, 0.15) is 0 Å². The van der Waals surface area contributed by atoms with Crippen LogP contribution in [0.3, 0.4) is 0 Å². The van der Waals surface area contributed by atoms with Crippen LogP contribution < -0.4 is 5.73 Å². The normalized spacial score (nSPS) is 9.89. The van der Waals surface area contributed by atoms with E-state index in [2.05, 4.69) is 0 Å². The van der Waals surface area contributed by atoms with Crippen molar-refractivity contribution in [3.63, 3.8) is 0 Å². The van der Waals surface area contributed by atoms with E-state index in [0.29, 0.717) is 6.61 Å². The molecule has 0 saturated carbocycles. The minimum Gasteiger partial charge on any atom is -0.391 e. The van der Waals surface area contributed by atoms with Crippen LogP contribution in [0.5, 0.6) is 0 Å². The van der Waals surface area contributed by atoms with Gasteiger partial charge in [0.15, 0.2) is 0 Å². The van der Waals surface area contributed by atoms with E-state index in [1.165, 1.54) is 0 Å². The molecule has 0 aliphatic rings. The molecule has 0 spiro atoms. The van der Waals surface area contributed by atoms with Crippen LogP contribution in [0.2, 0.25) is 0 Å². The predicted molar refractivity (Wildman–Crippen MR) is 39.4 cm³/mol. The number of methoxy groups -OCH3 is 1. The Balaban J connectivity index is 2.61. The third-order valence-electron chi connectivity index (χ3n) is 0.985. The first kappa shape index (κ1) is 6.58. The van der Waals surface area contributed by atoms with Crippen molar-refractivity contribution in [3.05, 3.63) is 17.0 Å². The summed E-state index contributed by atoms with van der Waals surface area (Å²) in [6, 6.07) is 1.92. The van der Waals surface area contributed by atoms with Gasteiger partial charge in [0.2, 0.25) is 0 Å². The van der Waals surface area contributed by atoms with E-state index in [1.54, 1.807) is 18.4 Å². The molecule has 0 radical (unpaired) electrons. The lowest BCUT2D eigenvalue weighted by Crippen LogP contribution is -1.82. The second-order valence-corrected chi connectivity index (χ2v) is 2.73. The van der Waals surface area contributed by atoms with Gasteiger partial charge >= 0.3 is 0 Å². The number of hydrogen-bond donors (Lipinski definition) is 1. The standard InChI is InChI=1S/C6H9NOS/c1-8-3-5-2-6(7)9-4-5/h2,4H,3,7H2,1H3. The van der Waals surface area contributed by atoms with Crippen LogP contribution in [0, 0.1) is 0 Å². The average molecular weight is 143 g/mol. The summed E-state index contributed by atoms with van der Waals surface area (Å²) in [6.07, 6.45) is 0. The van der Waals surface area contributed by atoms with Crippen molar-refractivity contribution in [2.45, 2.75) is 6.61 Å². The zero-order valence-corrected chi connectivity index (χ0v) is 6.07. The van der Waals surface area contributed by atoms with Gasteiger partial charge in [0.05, 0.1) is 11.6 Å². The van der Waals surface area contributed by atoms with E-state index < -0.39 is 0 Å². The van der Waals surface area contributed by atoms with Crippen LogP contribution in [0.25, 0.3) is 0 Å². The van der Waals surface area contributed by atoms with E-state index in [9.17, 15) is 0 Å². The average Bonchev–Trinajstić information content (AvgIpc) is 2.17. The number of rotatable bonds is 2. The third kappa shape index (κ3) is 1.69. The van der Waals surface area contributed by atoms with Gasteiger partial charge in [-0.15, -0.1) is 11.3 Å². The van der Waals surface area contributed by atoms with Crippen molar-refractivity contribution in [2.75, 3.05) is 12.8 Å². The highest BCUT2D eigenvalue weighted by Gasteiger charge is 1.93. The third-order valence-corrected chi connectivity index (χ3v) is 1.80. The molecule has 1 aromatic rings. The summed E-state index contributed by atoms with van der Waals surface area (Å²) < 4.78 is 4.89. The van der Waals surface area contributed by atoms with Gasteiger partial charge in [0, 0.05) is 7.11 Å². The van der Waals surface area contributed by atoms with Gasteiger partial charge < -0.3 is 10.5 Å². The lowest BCUT2D eigenvalue weighted by molar-refractivity contribution is 0.185. The summed E-state index contributed by atoms with van der Waals surface area (Å²) in [7, 11) is 1.67. The summed E-state index contributed by atoms with van der Waals surface area (Å²) in [5.41, 5.74) is 6.62. The summed E-state index contributed by atoms with van der Waals surface area (Å²) >= 11 is 1.54. The lowest BCUT2D eigenvalue weighted by Gasteiger charge is -1.89. The molecule has 0 aliphatic heterocycles. The van der Waals surface area contributed by atoms with E-state index in [1.807, 2.05) is 11.4 Å². The van der Waals surface area contributed by atoms with E-state index >= 15 is 0 Å². The fourth-order valence-corrected chi connectivity index (χ4v) is 1.28. The molecule has 0 aromatic carbocycles. The Hall–Kier alpha value is -0.540. The SMILES string of the molecule is COCc1csc(N)c1. The van der Waals surface area contributed by atoms with E-state index in [4.69, 9.17) is 10.5 Å². The Bertz CT molecular complexity index is 185. The number of ether oxygens (including phenoxy) is 1. The number of thiophene rings is 1. The monoisotopic (exact) mass is 143 g/mol. The van der Waals surface area contributed by atoms with Crippen molar-refractivity contribution in [1.82, 2.24) is 0 Å². The molecule has 0 unspecified atom stereocenters. The topological polar surface area (TPSA) is 35.2 Å². The molecular formula is C6H9NOS. The molecule has 2 nitrogen and oxygen atoms in total. The maximum Gasteiger partial charge on any atom is 0.0860 e. The molecule has 0 bridgehead atoms. The van der Waals surface area contributed by atoms with Crippen molar-refractivity contribution in [2.24, 2.45) is 0 Å². The van der Waals surface area contributed by atoms with Crippen LogP contribution in [0.4, 0.5) is 5.00 Å². The molecule has 1 rings (SSSR count). The number of nitrogens with two attached hydrogens (primary N) is 1. The second-order valence-electron chi connectivity index (χ2n) is 1.79. The first-order chi connectivity index (χ1) is 4.33. The van der Waals surface area contributed by atoms with Gasteiger partial charge in [-0.1, -0.05) is 0 Å². The number of hydrogen-bond acceptors (Lipinski definition) is 3. The van der Waals surface area contributed by atoms with Crippen molar-refractivity contribution < 1.29 is 4.74 Å². The van der Waals surface area contributed by atoms with Crippen molar-refractivity contribution in [1.29, 1.82) is 0 Å². The maximum atomic E-state index is 5.47. The van der Waals surface area contributed by atoms with Gasteiger partial charge in [-0.2, -0.15) is 0 Å². The molecule has 0 amide bonds. The molecule has 1 heterocycles. The van der Waals surface area contributed by atoms with E-state index in [0.717, 1.165) is 10.6 Å². The van der Waals surface area contributed by atoms with Gasteiger partial charge in [-0.3, -0.25) is 0 Å². The predicted octanol–water partition coefficient (Wildman–Crippen LogP) is 1.48. The summed E-state index contributed by atoms with van der Waals surface area (Å²) in [5.74, 6) is 0. The van der Waals surface area contributed by atoms with Crippen molar-refractivity contribution in [3.8, 4) is 0 Å². The molecule has 3 heteroatoms. The zero-order valence-electron chi connectivity index (χ0n) is 5.26.